The van der Waals surface area contributed by atoms with E-state index >= 15 is 0 Å². The van der Waals surface area contributed by atoms with Gasteiger partial charge in [0.25, 0.3) is 0 Å². The van der Waals surface area contributed by atoms with Crippen molar-refractivity contribution in [3.63, 3.8) is 0 Å². The fourth-order valence-electron chi connectivity index (χ4n) is 9.78. The second kappa shape index (κ2) is 29.4. The highest BCUT2D eigenvalue weighted by Gasteiger charge is 2.52. The van der Waals surface area contributed by atoms with Crippen molar-refractivity contribution in [2.75, 3.05) is 34.9 Å². The van der Waals surface area contributed by atoms with Crippen molar-refractivity contribution in [2.24, 2.45) is 23.7 Å². The Morgan fingerprint density at radius 2 is 1.43 bits per heavy atom. The van der Waals surface area contributed by atoms with Crippen LogP contribution >= 0.6 is 0 Å². The minimum atomic E-state index is -2.27. The summed E-state index contributed by atoms with van der Waals surface area (Å²) in [5.41, 5.74) is -0.806. The maximum Gasteiger partial charge on any atom is 0.335 e. The maximum atomic E-state index is 13.8. The van der Waals surface area contributed by atoms with Gasteiger partial charge in [-0.15, -0.1) is 0 Å². The van der Waals surface area contributed by atoms with Crippen molar-refractivity contribution in [1.82, 2.24) is 4.90 Å². The van der Waals surface area contributed by atoms with Gasteiger partial charge in [-0.1, -0.05) is 38.5 Å². The first kappa shape index (κ1) is 64.9. The van der Waals surface area contributed by atoms with Gasteiger partial charge in [-0.05, 0) is 73.5 Å². The van der Waals surface area contributed by atoms with E-state index in [1.165, 1.54) is 27.2 Å². The number of ketones is 1. The third kappa shape index (κ3) is 17.3. The van der Waals surface area contributed by atoms with Crippen molar-refractivity contribution in [2.45, 2.75) is 203 Å². The van der Waals surface area contributed by atoms with E-state index < -0.39 is 164 Å². The molecule has 0 aliphatic carbocycles. The van der Waals surface area contributed by atoms with Crippen LogP contribution in [0.4, 0.5) is 0 Å². The number of carbonyl (C=O) groups is 5. The van der Waals surface area contributed by atoms with E-state index in [1.54, 1.807) is 59.7 Å². The normalized spacial score (nSPS) is 40.7. The van der Waals surface area contributed by atoms with Crippen LogP contribution in [0, 0.1) is 23.7 Å². The molecule has 4 aliphatic rings. The van der Waals surface area contributed by atoms with Crippen molar-refractivity contribution >= 4 is 30.0 Å². The number of cyclic esters (lactones) is 1. The molecular formula is C50H83NO23. The highest BCUT2D eigenvalue weighted by Crippen LogP contribution is 2.37. The largest absolute Gasteiger partial charge is 0.479 e. The Balaban J connectivity index is 0.00000130. The lowest BCUT2D eigenvalue weighted by Crippen LogP contribution is -2.65. The molecule has 9 N–H and O–H groups in total. The fourth-order valence-corrected chi connectivity index (χ4v) is 9.78. The zero-order valence-corrected chi connectivity index (χ0v) is 44.4. The van der Waals surface area contributed by atoms with Gasteiger partial charge in [0.15, 0.2) is 36.9 Å². The third-order valence-corrected chi connectivity index (χ3v) is 14.2. The first-order valence-electron chi connectivity index (χ1n) is 25.0. The van der Waals surface area contributed by atoms with E-state index in [2.05, 4.69) is 0 Å². The molecule has 0 bridgehead atoms. The second-order valence-electron chi connectivity index (χ2n) is 20.3. The van der Waals surface area contributed by atoms with Crippen LogP contribution in [0.1, 0.15) is 87.5 Å². The molecule has 0 amide bonds. The number of esters is 1. The highest BCUT2D eigenvalue weighted by atomic mass is 16.7. The standard InChI is InChI=1S/C46H77NO17.C4H6O6/c1-13-33-30(22-58-45-42(57-12)41(56-11)37(52)26(5)60-45)18-23(2)14-15-31(49)24(3)19-29(16-17-48)39(25(4)32(50)20-34(51)62-33)64-44-38(53)36(47(9)10)40(27(6)61-44)63-35-21-46(8,55)43(54)28(7)59-35;5-1(3(7)8)2(6)4(9)10/h14-15,17-18,24-30,32-33,35-45,50,52-55H,13,16,19-22H2,1-12H3;1-2,5-6H,(H,7,8)(H,9,10)/t24-,25+,26-,27-,28+,29+,30-,32-,33-,35+,36-,37-,38-,39-,40-,41-,42-,43+,44+,45-,46-;1-,2-/m11/s1. The Morgan fingerprint density at radius 1 is 0.838 bits per heavy atom. The Kier molecular flexibility index (Phi) is 25.7. The number of aliphatic hydroxyl groups excluding tert-OH is 6. The molecule has 0 spiro atoms. The zero-order chi connectivity index (χ0) is 56.1. The van der Waals surface area contributed by atoms with E-state index in [4.69, 9.17) is 63.1 Å². The number of aliphatic hydroxyl groups is 7. The predicted molar refractivity (Wildman–Crippen MR) is 258 cm³/mol. The molecule has 4 aliphatic heterocycles. The lowest BCUT2D eigenvalue weighted by molar-refractivity contribution is -0.341. The van der Waals surface area contributed by atoms with Crippen LogP contribution in [0.2, 0.25) is 0 Å². The van der Waals surface area contributed by atoms with Gasteiger partial charge in [-0.25, -0.2) is 9.59 Å². The van der Waals surface area contributed by atoms with Gasteiger partial charge in [0.2, 0.25) is 0 Å². The molecule has 0 aromatic carbocycles. The number of methoxy groups -OCH3 is 2. The van der Waals surface area contributed by atoms with Gasteiger partial charge < -0.3 is 98.3 Å². The van der Waals surface area contributed by atoms with Crippen LogP contribution in [0.3, 0.4) is 0 Å². The number of hydrogen-bond donors (Lipinski definition) is 9. The molecule has 0 unspecified atom stereocenters. The molecule has 24 nitrogen and oxygen atoms in total. The summed E-state index contributed by atoms with van der Waals surface area (Å²) in [7, 11) is 6.43. The van der Waals surface area contributed by atoms with Crippen molar-refractivity contribution < 1.29 is 113 Å². The number of ether oxygens (including phenoxy) is 9. The topological polar surface area (TPSA) is 354 Å². The predicted octanol–water partition coefficient (Wildman–Crippen LogP) is -0.289. The van der Waals surface area contributed by atoms with Crippen LogP contribution in [0.15, 0.2) is 23.8 Å². The summed E-state index contributed by atoms with van der Waals surface area (Å²) in [5, 5.41) is 88.3. The Morgan fingerprint density at radius 3 is 1.96 bits per heavy atom. The van der Waals surface area contributed by atoms with Gasteiger partial charge in [-0.2, -0.15) is 0 Å². The quantitative estimate of drug-likeness (QED) is 0.0708. The third-order valence-electron chi connectivity index (χ3n) is 14.2. The molecule has 23 atom stereocenters. The second-order valence-corrected chi connectivity index (χ2v) is 20.3. The minimum Gasteiger partial charge on any atom is -0.479 e. The number of hydrogen-bond acceptors (Lipinski definition) is 22. The van der Waals surface area contributed by atoms with Crippen molar-refractivity contribution in [3.8, 4) is 0 Å². The number of carboxylic acids is 2. The number of nitrogens with zero attached hydrogens (tertiary/aromatic N) is 1. The molecule has 426 valence electrons. The lowest BCUT2D eigenvalue weighted by atomic mass is 9.79. The van der Waals surface area contributed by atoms with Gasteiger partial charge >= 0.3 is 17.9 Å². The van der Waals surface area contributed by atoms with E-state index in [0.29, 0.717) is 12.0 Å². The summed E-state index contributed by atoms with van der Waals surface area (Å²) in [4.78, 5) is 61.1. The number of aliphatic carboxylic acids is 2. The van der Waals surface area contributed by atoms with E-state index in [9.17, 15) is 49.5 Å². The summed E-state index contributed by atoms with van der Waals surface area (Å²) in [6, 6.07) is -0.748. The molecule has 4 heterocycles. The van der Waals surface area contributed by atoms with Gasteiger partial charge in [-0.3, -0.25) is 9.59 Å². The Bertz CT molecular complexity index is 1850. The van der Waals surface area contributed by atoms with Crippen LogP contribution < -0.4 is 0 Å². The number of carbonyl (C=O) groups excluding carboxylic acids is 3. The molecule has 0 saturated carbocycles. The monoisotopic (exact) mass is 1070 g/mol. The van der Waals surface area contributed by atoms with E-state index in [0.717, 1.165) is 6.29 Å². The van der Waals surface area contributed by atoms with Gasteiger partial charge in [0.05, 0.1) is 55.2 Å². The zero-order valence-electron chi connectivity index (χ0n) is 44.4. The van der Waals surface area contributed by atoms with E-state index in [1.807, 2.05) is 19.9 Å². The van der Waals surface area contributed by atoms with Crippen molar-refractivity contribution in [3.05, 3.63) is 23.8 Å². The minimum absolute atomic E-state index is 0.00788. The summed E-state index contributed by atoms with van der Waals surface area (Å²) < 4.78 is 54.7. The number of allylic oxidation sites excluding steroid dienone is 3. The molecule has 3 fully saturated rings. The van der Waals surface area contributed by atoms with Crippen LogP contribution in [-0.4, -0.2) is 232 Å². The lowest BCUT2D eigenvalue weighted by Gasteiger charge is -2.50. The van der Waals surface area contributed by atoms with Crippen LogP contribution in [0.5, 0.6) is 0 Å². The van der Waals surface area contributed by atoms with Crippen LogP contribution in [-0.2, 0) is 66.6 Å². The summed E-state index contributed by atoms with van der Waals surface area (Å²) >= 11 is 0. The maximum absolute atomic E-state index is 13.8. The molecule has 3 saturated heterocycles. The van der Waals surface area contributed by atoms with Crippen LogP contribution in [0.25, 0.3) is 0 Å². The summed E-state index contributed by atoms with van der Waals surface area (Å²) in [5.74, 6) is -7.13. The van der Waals surface area contributed by atoms with E-state index in [-0.39, 0.29) is 31.7 Å². The SMILES string of the molecule is CC[C@H]1OC(=O)C[C@@H](O)[C@H](C)[C@@H](O[C@@H]2O[C@H](C)[C@@H](O[C@H]3C[C@@](C)(O)[C@@H](O)[C@H](C)O3)[C@H](N(C)C)[C@H]2O)[C@@H](CC=O)C[C@@H](C)C(=O)C=CC(C)=C[C@@H]1CO[C@@H]1O[C@H](C)[C@@H](O)[C@@H](OC)[C@H]1OC.O=C(O)[C@H](O)[C@@H](O)C(=O)O. The van der Waals surface area contributed by atoms with Gasteiger partial charge in [0, 0.05) is 44.8 Å². The average molecular weight is 1070 g/mol. The average Bonchev–Trinajstić information content (AvgIpc) is 3.33. The number of rotatable bonds is 16. The molecule has 0 radical (unpaired) electrons. The Hall–Kier alpha value is -3.41. The van der Waals surface area contributed by atoms with Crippen molar-refractivity contribution in [1.29, 1.82) is 0 Å². The highest BCUT2D eigenvalue weighted by molar-refractivity contribution is 5.91. The first-order valence-corrected chi connectivity index (χ1v) is 25.0. The fraction of sp³-hybridized carbons (Fsp3) is 0.820. The molecule has 24 heteroatoms. The Labute approximate surface area is 432 Å². The number of likely N-dealkylation sites (N-methyl/N-ethyl adjacent to an activating group) is 1. The number of aldehydes is 1. The summed E-state index contributed by atoms with van der Waals surface area (Å²) in [6.45, 7) is 13.6. The summed E-state index contributed by atoms with van der Waals surface area (Å²) in [6.07, 6.45) is -13.0. The molecular weight excluding hydrogens is 983 g/mol. The van der Waals surface area contributed by atoms with Gasteiger partial charge in [0.1, 0.15) is 49.0 Å². The molecule has 0 aromatic rings. The number of carboxylic acid groups (broad SMARTS) is 2. The first-order chi connectivity index (χ1) is 34.5. The smallest absolute Gasteiger partial charge is 0.335 e. The molecule has 0 aromatic heterocycles. The molecule has 4 rings (SSSR count). The molecule has 74 heavy (non-hydrogen) atoms.